The van der Waals surface area contributed by atoms with Crippen LogP contribution in [-0.4, -0.2) is 43.7 Å². The summed E-state index contributed by atoms with van der Waals surface area (Å²) in [4.78, 5) is 15.0. The van der Waals surface area contributed by atoms with E-state index in [4.69, 9.17) is 16.3 Å². The minimum Gasteiger partial charge on any atom is -0.493 e. The highest BCUT2D eigenvalue weighted by molar-refractivity contribution is 6.30. The van der Waals surface area contributed by atoms with Crippen LogP contribution in [-0.2, 0) is 12.1 Å². The van der Waals surface area contributed by atoms with E-state index in [0.717, 1.165) is 12.1 Å². The molecule has 0 spiro atoms. The maximum Gasteiger partial charge on any atom is 0.255 e. The van der Waals surface area contributed by atoms with Gasteiger partial charge in [-0.1, -0.05) is 60.1 Å². The van der Waals surface area contributed by atoms with Crippen molar-refractivity contribution in [2.45, 2.75) is 19.1 Å². The highest BCUT2D eigenvalue weighted by atomic mass is 35.5. The third kappa shape index (κ3) is 4.80. The molecule has 0 fully saturated rings. The number of halogens is 1. The molecule has 3 aromatic rings. The van der Waals surface area contributed by atoms with E-state index >= 15 is 0 Å². The van der Waals surface area contributed by atoms with Gasteiger partial charge in [-0.05, 0) is 55.9 Å². The Bertz CT molecular complexity index is 1070. The molecule has 0 aliphatic heterocycles. The van der Waals surface area contributed by atoms with E-state index in [0.29, 0.717) is 39.6 Å². The summed E-state index contributed by atoms with van der Waals surface area (Å²) in [6, 6.07) is 20.1. The van der Waals surface area contributed by atoms with E-state index in [1.165, 1.54) is 0 Å². The number of benzene rings is 3. The molecule has 0 radical (unpaired) electrons. The van der Waals surface area contributed by atoms with E-state index in [1.807, 2.05) is 45.3 Å². The van der Waals surface area contributed by atoms with Gasteiger partial charge in [0, 0.05) is 24.2 Å². The molecule has 0 saturated heterocycles. The number of hydrogen-bond acceptors (Lipinski definition) is 4. The van der Waals surface area contributed by atoms with Crippen molar-refractivity contribution in [3.8, 4) is 5.75 Å². The Labute approximate surface area is 194 Å². The molecule has 1 amide bonds. The second-order valence-electron chi connectivity index (χ2n) is 7.84. The summed E-state index contributed by atoms with van der Waals surface area (Å²) in [5.74, 6) is 0.0848. The van der Waals surface area contributed by atoms with Crippen LogP contribution in [0.4, 0.5) is 0 Å². The normalized spacial score (nSPS) is 13.0. The van der Waals surface area contributed by atoms with Crippen molar-refractivity contribution in [1.29, 1.82) is 0 Å². The monoisotopic (exact) mass is 452 g/mol. The van der Waals surface area contributed by atoms with Crippen LogP contribution in [0.25, 0.3) is 0 Å². The molecule has 6 heteroatoms. The first-order chi connectivity index (χ1) is 15.3. The molecule has 0 aliphatic rings. The number of aliphatic hydroxyl groups is 1. The van der Waals surface area contributed by atoms with Crippen LogP contribution >= 0.6 is 11.6 Å². The quantitative estimate of drug-likeness (QED) is 0.496. The molecular weight excluding hydrogens is 424 g/mol. The van der Waals surface area contributed by atoms with Crippen LogP contribution < -0.4 is 10.1 Å². The SMILES string of the molecule is CCOc1cccc(C(O)(c2ccc(Cl)cc2)c2ccc(CN(C)C)cc2)c1C(=O)NC. The number of amides is 1. The van der Waals surface area contributed by atoms with Crippen LogP contribution in [0, 0.1) is 0 Å². The summed E-state index contributed by atoms with van der Waals surface area (Å²) in [5, 5.41) is 15.6. The van der Waals surface area contributed by atoms with Crippen LogP contribution in [0.1, 0.15) is 39.5 Å². The largest absolute Gasteiger partial charge is 0.493 e. The Morgan fingerprint density at radius 1 is 1.03 bits per heavy atom. The van der Waals surface area contributed by atoms with Gasteiger partial charge >= 0.3 is 0 Å². The Morgan fingerprint density at radius 2 is 1.62 bits per heavy atom. The third-order valence-corrected chi connectivity index (χ3v) is 5.55. The first-order valence-electron chi connectivity index (χ1n) is 10.5. The summed E-state index contributed by atoms with van der Waals surface area (Å²) in [6.07, 6.45) is 0. The molecule has 32 heavy (non-hydrogen) atoms. The van der Waals surface area contributed by atoms with E-state index in [9.17, 15) is 9.90 Å². The third-order valence-electron chi connectivity index (χ3n) is 5.30. The van der Waals surface area contributed by atoms with Crippen LogP contribution in [0.3, 0.4) is 0 Å². The zero-order chi connectivity index (χ0) is 23.3. The molecule has 1 unspecified atom stereocenters. The lowest BCUT2D eigenvalue weighted by Gasteiger charge is -2.32. The van der Waals surface area contributed by atoms with E-state index in [-0.39, 0.29) is 5.91 Å². The number of hydrogen-bond donors (Lipinski definition) is 2. The average Bonchev–Trinajstić information content (AvgIpc) is 2.78. The fraction of sp³-hybridized carbons (Fsp3) is 0.269. The van der Waals surface area contributed by atoms with Gasteiger partial charge in [0.2, 0.25) is 0 Å². The van der Waals surface area contributed by atoms with Crippen molar-refractivity contribution in [3.05, 3.63) is 99.6 Å². The van der Waals surface area contributed by atoms with Gasteiger partial charge in [-0.2, -0.15) is 0 Å². The van der Waals surface area contributed by atoms with Crippen molar-refractivity contribution in [2.24, 2.45) is 0 Å². The lowest BCUT2D eigenvalue weighted by molar-refractivity contribution is 0.0934. The second-order valence-corrected chi connectivity index (χ2v) is 8.28. The van der Waals surface area contributed by atoms with Gasteiger partial charge in [0.15, 0.2) is 0 Å². The number of carbonyl (C=O) groups is 1. The first kappa shape index (κ1) is 23.8. The van der Waals surface area contributed by atoms with Crippen molar-refractivity contribution in [2.75, 3.05) is 27.7 Å². The van der Waals surface area contributed by atoms with Gasteiger partial charge in [-0.25, -0.2) is 0 Å². The van der Waals surface area contributed by atoms with Gasteiger partial charge < -0.3 is 20.1 Å². The Morgan fingerprint density at radius 3 is 2.16 bits per heavy atom. The summed E-state index contributed by atoms with van der Waals surface area (Å²) < 4.78 is 5.75. The van der Waals surface area contributed by atoms with E-state index < -0.39 is 5.60 Å². The van der Waals surface area contributed by atoms with Crippen molar-refractivity contribution >= 4 is 17.5 Å². The average molecular weight is 453 g/mol. The molecule has 0 heterocycles. The predicted octanol–water partition coefficient (Wildman–Crippen LogP) is 4.44. The maximum absolute atomic E-state index is 12.9. The van der Waals surface area contributed by atoms with Crippen LogP contribution in [0.15, 0.2) is 66.7 Å². The molecule has 0 bridgehead atoms. The highest BCUT2D eigenvalue weighted by Crippen LogP contribution is 2.41. The molecule has 2 N–H and O–H groups in total. The topological polar surface area (TPSA) is 61.8 Å². The summed E-state index contributed by atoms with van der Waals surface area (Å²) >= 11 is 6.12. The number of nitrogens with zero attached hydrogens (tertiary/aromatic N) is 1. The summed E-state index contributed by atoms with van der Waals surface area (Å²) in [7, 11) is 5.58. The van der Waals surface area contributed by atoms with Crippen LogP contribution in [0.2, 0.25) is 5.02 Å². The van der Waals surface area contributed by atoms with Gasteiger partial charge in [-0.3, -0.25) is 4.79 Å². The number of rotatable bonds is 8. The molecule has 0 aromatic heterocycles. The maximum atomic E-state index is 12.9. The van der Waals surface area contributed by atoms with Gasteiger partial charge in [0.1, 0.15) is 11.4 Å². The minimum atomic E-state index is -1.60. The minimum absolute atomic E-state index is 0.298. The smallest absolute Gasteiger partial charge is 0.255 e. The zero-order valence-electron chi connectivity index (χ0n) is 18.9. The van der Waals surface area contributed by atoms with Gasteiger partial charge in [0.25, 0.3) is 5.91 Å². The Balaban J connectivity index is 2.28. The Hall–Kier alpha value is -2.86. The fourth-order valence-corrected chi connectivity index (χ4v) is 3.98. The lowest BCUT2D eigenvalue weighted by atomic mass is 9.77. The standard InChI is InChI=1S/C26H29ClN2O3/c1-5-32-23-8-6-7-22(24(23)25(30)28-2)26(31,20-13-15-21(27)16-14-20)19-11-9-18(10-12-19)17-29(3)4/h6-16,31H,5,17H2,1-4H3,(H,28,30). The molecular formula is C26H29ClN2O3. The summed E-state index contributed by atoms with van der Waals surface area (Å²) in [5.41, 5.74) is 1.49. The second kappa shape index (κ2) is 10.2. The first-order valence-corrected chi connectivity index (χ1v) is 10.9. The Kier molecular flexibility index (Phi) is 7.56. The molecule has 1 atom stereocenters. The number of carbonyl (C=O) groups excluding carboxylic acids is 1. The molecule has 0 saturated carbocycles. The summed E-state index contributed by atoms with van der Waals surface area (Å²) in [6.45, 7) is 3.03. The highest BCUT2D eigenvalue weighted by Gasteiger charge is 2.38. The van der Waals surface area contributed by atoms with Gasteiger partial charge in [-0.15, -0.1) is 0 Å². The predicted molar refractivity (Wildman–Crippen MR) is 128 cm³/mol. The molecule has 3 aromatic carbocycles. The molecule has 3 rings (SSSR count). The van der Waals surface area contributed by atoms with Crippen molar-refractivity contribution in [1.82, 2.24) is 10.2 Å². The van der Waals surface area contributed by atoms with Crippen molar-refractivity contribution < 1.29 is 14.6 Å². The molecule has 5 nitrogen and oxygen atoms in total. The molecule has 0 aliphatic carbocycles. The van der Waals surface area contributed by atoms with Crippen molar-refractivity contribution in [3.63, 3.8) is 0 Å². The zero-order valence-corrected chi connectivity index (χ0v) is 19.6. The number of nitrogens with one attached hydrogen (secondary N) is 1. The van der Waals surface area contributed by atoms with E-state index in [2.05, 4.69) is 10.2 Å². The van der Waals surface area contributed by atoms with Gasteiger partial charge in [0.05, 0.1) is 12.2 Å². The van der Waals surface area contributed by atoms with E-state index in [1.54, 1.807) is 49.5 Å². The number of ether oxygens (including phenoxy) is 1. The lowest BCUT2D eigenvalue weighted by Crippen LogP contribution is -2.33. The fourth-order valence-electron chi connectivity index (χ4n) is 3.85. The van der Waals surface area contributed by atoms with Crippen LogP contribution in [0.5, 0.6) is 5.75 Å². The molecule has 168 valence electrons.